The van der Waals surface area contributed by atoms with Gasteiger partial charge in [0.2, 0.25) is 0 Å². The van der Waals surface area contributed by atoms with Crippen LogP contribution in [0.2, 0.25) is 0 Å². The number of hydrogen-bond acceptors (Lipinski definition) is 6. The minimum absolute atomic E-state index is 0.0989. The summed E-state index contributed by atoms with van der Waals surface area (Å²) < 4.78 is 11.4. The van der Waals surface area contributed by atoms with E-state index >= 15 is 0 Å². The molecule has 2 N–H and O–H groups in total. The normalized spacial score (nSPS) is 25.3. The van der Waals surface area contributed by atoms with Crippen LogP contribution in [0.15, 0.2) is 48.5 Å². The van der Waals surface area contributed by atoms with E-state index in [0.717, 1.165) is 24.0 Å². The molecule has 0 aliphatic carbocycles. The van der Waals surface area contributed by atoms with Gasteiger partial charge in [-0.25, -0.2) is 0 Å². The first-order valence-electron chi connectivity index (χ1n) is 12.8. The number of hydrogen-bond donors (Lipinski definition) is 2. The molecule has 2 saturated heterocycles. The molecule has 6 heteroatoms. The lowest BCUT2D eigenvalue weighted by atomic mass is 9.87. The number of nitrogens with one attached hydrogen (secondary N) is 2. The molecule has 2 aliphatic heterocycles. The molecule has 0 saturated carbocycles. The maximum atomic E-state index is 12.9. The minimum atomic E-state index is -0.314. The molecule has 2 aromatic carbocycles. The predicted molar refractivity (Wildman–Crippen MR) is 142 cm³/mol. The molecule has 0 aromatic heterocycles. The van der Waals surface area contributed by atoms with Gasteiger partial charge in [-0.15, -0.1) is 0 Å². The molecule has 2 heterocycles. The summed E-state index contributed by atoms with van der Waals surface area (Å²) >= 11 is 0. The van der Waals surface area contributed by atoms with Crippen LogP contribution in [-0.2, 0) is 9.59 Å². The zero-order valence-electron chi connectivity index (χ0n) is 22.8. The van der Waals surface area contributed by atoms with Gasteiger partial charge in [0.05, 0.1) is 11.8 Å². The average Bonchev–Trinajstić information content (AvgIpc) is 3.13. The van der Waals surface area contributed by atoms with E-state index in [1.807, 2.05) is 76.2 Å². The number of carbonyl (C=O) groups is 2. The number of ether oxygens (including phenoxy) is 2. The highest BCUT2D eigenvalue weighted by Gasteiger charge is 2.49. The van der Waals surface area contributed by atoms with Crippen LogP contribution in [0.3, 0.4) is 0 Å². The SMILES string of the molecule is CC1(C)CC(C(=O)Oc2ccc(-c3ccc(OC(=O)C4CC(C)(C)NC4(C)C)cc3)cc2)C(C)(C)N1. The van der Waals surface area contributed by atoms with E-state index in [9.17, 15) is 9.59 Å². The summed E-state index contributed by atoms with van der Waals surface area (Å²) in [6.45, 7) is 16.6. The molecule has 2 unspecified atom stereocenters. The monoisotopic (exact) mass is 492 g/mol. The standard InChI is InChI=1S/C30H40N2O4/c1-27(2)17-23(29(5,6)31-27)25(33)35-21-13-9-19(10-14-21)20-11-15-22(16-12-20)36-26(34)24-18-28(3,4)32-30(24,7)8/h9-16,23-24,31-32H,17-18H2,1-8H3. The lowest BCUT2D eigenvalue weighted by Gasteiger charge is -2.27. The van der Waals surface area contributed by atoms with Crippen molar-refractivity contribution in [1.82, 2.24) is 10.6 Å². The molecule has 2 aliphatic rings. The molecular formula is C30H40N2O4. The van der Waals surface area contributed by atoms with Gasteiger partial charge in [-0.2, -0.15) is 0 Å². The van der Waals surface area contributed by atoms with Crippen LogP contribution in [-0.4, -0.2) is 34.1 Å². The second kappa shape index (κ2) is 9.00. The topological polar surface area (TPSA) is 76.7 Å². The molecule has 0 amide bonds. The van der Waals surface area contributed by atoms with E-state index in [1.165, 1.54) is 0 Å². The first-order chi connectivity index (χ1) is 16.6. The van der Waals surface area contributed by atoms with E-state index in [1.54, 1.807) is 0 Å². The average molecular weight is 493 g/mol. The summed E-state index contributed by atoms with van der Waals surface area (Å²) in [5.74, 6) is 0.233. The summed E-state index contributed by atoms with van der Waals surface area (Å²) in [5, 5.41) is 7.04. The highest BCUT2D eigenvalue weighted by molar-refractivity contribution is 5.78. The zero-order chi connectivity index (χ0) is 26.5. The van der Waals surface area contributed by atoms with Crippen molar-refractivity contribution in [3.63, 3.8) is 0 Å². The Kier molecular flexibility index (Phi) is 6.59. The quantitative estimate of drug-likeness (QED) is 0.424. The van der Waals surface area contributed by atoms with Crippen molar-refractivity contribution < 1.29 is 19.1 Å². The minimum Gasteiger partial charge on any atom is -0.426 e. The van der Waals surface area contributed by atoms with Crippen LogP contribution in [0, 0.1) is 11.8 Å². The molecule has 36 heavy (non-hydrogen) atoms. The maximum Gasteiger partial charge on any atom is 0.316 e. The van der Waals surface area contributed by atoms with E-state index < -0.39 is 0 Å². The van der Waals surface area contributed by atoms with Crippen LogP contribution in [0.5, 0.6) is 11.5 Å². The summed E-state index contributed by atoms with van der Waals surface area (Å²) in [7, 11) is 0. The Morgan fingerprint density at radius 1 is 0.611 bits per heavy atom. The van der Waals surface area contributed by atoms with Gasteiger partial charge < -0.3 is 20.1 Å². The molecule has 2 aromatic rings. The molecule has 4 rings (SSSR count). The smallest absolute Gasteiger partial charge is 0.316 e. The summed E-state index contributed by atoms with van der Waals surface area (Å²) in [6.07, 6.45) is 1.47. The van der Waals surface area contributed by atoms with E-state index in [4.69, 9.17) is 9.47 Å². The van der Waals surface area contributed by atoms with Crippen molar-refractivity contribution in [2.45, 2.75) is 90.4 Å². The van der Waals surface area contributed by atoms with Crippen molar-refractivity contribution in [3.8, 4) is 22.6 Å². The third-order valence-electron chi connectivity index (χ3n) is 7.54. The van der Waals surface area contributed by atoms with Crippen LogP contribution < -0.4 is 20.1 Å². The van der Waals surface area contributed by atoms with Gasteiger partial charge in [0.15, 0.2) is 0 Å². The highest BCUT2D eigenvalue weighted by atomic mass is 16.5. The van der Waals surface area contributed by atoms with E-state index in [2.05, 4.69) is 38.3 Å². The number of benzene rings is 2. The van der Waals surface area contributed by atoms with Gasteiger partial charge in [-0.1, -0.05) is 24.3 Å². The van der Waals surface area contributed by atoms with Crippen molar-refractivity contribution in [2.75, 3.05) is 0 Å². The molecular weight excluding hydrogens is 452 g/mol. The van der Waals surface area contributed by atoms with Crippen molar-refractivity contribution >= 4 is 11.9 Å². The third-order valence-corrected chi connectivity index (χ3v) is 7.54. The third kappa shape index (κ3) is 5.65. The van der Waals surface area contributed by atoms with Gasteiger partial charge >= 0.3 is 11.9 Å². The molecule has 0 radical (unpaired) electrons. The van der Waals surface area contributed by atoms with Crippen molar-refractivity contribution in [1.29, 1.82) is 0 Å². The number of esters is 2. The molecule has 0 bridgehead atoms. The van der Waals surface area contributed by atoms with Gasteiger partial charge in [0.25, 0.3) is 0 Å². The summed E-state index contributed by atoms with van der Waals surface area (Å²) in [4.78, 5) is 25.7. The zero-order valence-corrected chi connectivity index (χ0v) is 22.8. The first-order valence-corrected chi connectivity index (χ1v) is 12.8. The van der Waals surface area contributed by atoms with Gasteiger partial charge in [-0.05, 0) is 104 Å². The van der Waals surface area contributed by atoms with Crippen LogP contribution >= 0.6 is 0 Å². The Morgan fingerprint density at radius 2 is 0.917 bits per heavy atom. The fourth-order valence-corrected chi connectivity index (χ4v) is 6.11. The van der Waals surface area contributed by atoms with Crippen molar-refractivity contribution in [3.05, 3.63) is 48.5 Å². The van der Waals surface area contributed by atoms with E-state index in [0.29, 0.717) is 11.5 Å². The Balaban J connectivity index is 1.38. The Morgan fingerprint density at radius 3 is 1.17 bits per heavy atom. The Hall–Kier alpha value is -2.70. The molecule has 2 fully saturated rings. The second-order valence-corrected chi connectivity index (χ2v) is 12.9. The summed E-state index contributed by atoms with van der Waals surface area (Å²) in [6, 6.07) is 15.0. The Labute approximate surface area is 215 Å². The lowest BCUT2D eigenvalue weighted by Crippen LogP contribution is -2.47. The largest absolute Gasteiger partial charge is 0.426 e. The Bertz CT molecular complexity index is 1040. The van der Waals surface area contributed by atoms with E-state index in [-0.39, 0.29) is 45.9 Å². The summed E-state index contributed by atoms with van der Waals surface area (Å²) in [5.41, 5.74) is 1.15. The van der Waals surface area contributed by atoms with Crippen LogP contribution in [0.1, 0.15) is 68.2 Å². The molecule has 2 atom stereocenters. The van der Waals surface area contributed by atoms with Crippen LogP contribution in [0.25, 0.3) is 11.1 Å². The van der Waals surface area contributed by atoms with Crippen molar-refractivity contribution in [2.24, 2.45) is 11.8 Å². The highest BCUT2D eigenvalue weighted by Crippen LogP contribution is 2.38. The predicted octanol–water partition coefficient (Wildman–Crippen LogP) is 5.50. The fraction of sp³-hybridized carbons (Fsp3) is 0.533. The first kappa shape index (κ1) is 26.4. The van der Waals surface area contributed by atoms with Gasteiger partial charge in [0, 0.05) is 22.2 Å². The molecule has 194 valence electrons. The molecule has 6 nitrogen and oxygen atoms in total. The van der Waals surface area contributed by atoms with Gasteiger partial charge in [0.1, 0.15) is 11.5 Å². The van der Waals surface area contributed by atoms with Crippen LogP contribution in [0.4, 0.5) is 0 Å². The van der Waals surface area contributed by atoms with Gasteiger partial charge in [-0.3, -0.25) is 9.59 Å². The molecule has 0 spiro atoms. The number of carbonyl (C=O) groups excluding carboxylic acids is 2. The lowest BCUT2D eigenvalue weighted by molar-refractivity contribution is -0.141. The second-order valence-electron chi connectivity index (χ2n) is 12.9. The number of rotatable bonds is 5. The maximum absolute atomic E-state index is 12.9. The fourth-order valence-electron chi connectivity index (χ4n) is 6.11.